The van der Waals surface area contributed by atoms with Gasteiger partial charge < -0.3 is 10.4 Å². The van der Waals surface area contributed by atoms with Gasteiger partial charge in [0.2, 0.25) is 5.91 Å². The zero-order valence-electron chi connectivity index (χ0n) is 12.0. The van der Waals surface area contributed by atoms with Gasteiger partial charge in [-0.25, -0.2) is 9.78 Å². The molecule has 2 N–H and O–H groups in total. The standard InChI is InChI=1S/C15H16N2O3S/c1-8-4-5-11(9(2)6-8)16-13(18)10(3)14-17-12(7-21-14)15(19)20/h4-7,10H,1-3H3,(H,16,18)(H,19,20). The number of aromatic carboxylic acids is 1. The van der Waals surface area contributed by atoms with Gasteiger partial charge in [0.05, 0.1) is 5.92 Å². The fourth-order valence-electron chi connectivity index (χ4n) is 1.89. The third kappa shape index (κ3) is 3.46. The predicted molar refractivity (Wildman–Crippen MR) is 82.0 cm³/mol. The molecule has 110 valence electrons. The number of carbonyl (C=O) groups is 2. The molecule has 6 heteroatoms. The SMILES string of the molecule is Cc1ccc(NC(=O)C(C)c2nc(C(=O)O)cs2)c(C)c1. The van der Waals surface area contributed by atoms with Crippen LogP contribution in [0.5, 0.6) is 0 Å². The minimum absolute atomic E-state index is 0.0267. The Kier molecular flexibility index (Phi) is 4.37. The van der Waals surface area contributed by atoms with E-state index in [2.05, 4.69) is 10.3 Å². The number of amides is 1. The fraction of sp³-hybridized carbons (Fsp3) is 0.267. The number of hydrogen-bond donors (Lipinski definition) is 2. The molecule has 1 aromatic heterocycles. The van der Waals surface area contributed by atoms with Crippen LogP contribution >= 0.6 is 11.3 Å². The number of nitrogens with zero attached hydrogens (tertiary/aromatic N) is 1. The van der Waals surface area contributed by atoms with Crippen molar-refractivity contribution < 1.29 is 14.7 Å². The summed E-state index contributed by atoms with van der Waals surface area (Å²) in [5, 5.41) is 13.7. The molecule has 0 bridgehead atoms. The molecule has 1 heterocycles. The first-order valence-electron chi connectivity index (χ1n) is 6.45. The molecule has 0 saturated heterocycles. The van der Waals surface area contributed by atoms with E-state index in [4.69, 9.17) is 5.11 Å². The lowest BCUT2D eigenvalue weighted by Crippen LogP contribution is -2.19. The van der Waals surface area contributed by atoms with Crippen molar-refractivity contribution in [1.29, 1.82) is 0 Å². The molecule has 0 fully saturated rings. The lowest BCUT2D eigenvalue weighted by Gasteiger charge is -2.12. The van der Waals surface area contributed by atoms with Gasteiger partial charge in [-0.05, 0) is 32.4 Å². The van der Waals surface area contributed by atoms with Crippen molar-refractivity contribution in [2.24, 2.45) is 0 Å². The van der Waals surface area contributed by atoms with Crippen molar-refractivity contribution in [3.8, 4) is 0 Å². The van der Waals surface area contributed by atoms with E-state index in [-0.39, 0.29) is 11.6 Å². The number of benzene rings is 1. The van der Waals surface area contributed by atoms with Crippen LogP contribution in [-0.2, 0) is 4.79 Å². The number of hydrogen-bond acceptors (Lipinski definition) is 4. The Morgan fingerprint density at radius 3 is 2.62 bits per heavy atom. The predicted octanol–water partition coefficient (Wildman–Crippen LogP) is 3.20. The average Bonchev–Trinajstić information content (AvgIpc) is 2.90. The Morgan fingerprint density at radius 2 is 2.05 bits per heavy atom. The quantitative estimate of drug-likeness (QED) is 0.909. The molecule has 2 aromatic rings. The minimum Gasteiger partial charge on any atom is -0.476 e. The highest BCUT2D eigenvalue weighted by molar-refractivity contribution is 7.10. The second-order valence-corrected chi connectivity index (χ2v) is 5.80. The maximum absolute atomic E-state index is 12.2. The molecule has 0 aliphatic carbocycles. The third-order valence-corrected chi connectivity index (χ3v) is 4.17. The van der Waals surface area contributed by atoms with Crippen LogP contribution in [0.1, 0.15) is 39.5 Å². The highest BCUT2D eigenvalue weighted by atomic mass is 32.1. The molecule has 1 aromatic carbocycles. The molecule has 5 nitrogen and oxygen atoms in total. The van der Waals surface area contributed by atoms with Crippen LogP contribution in [0.25, 0.3) is 0 Å². The highest BCUT2D eigenvalue weighted by Gasteiger charge is 2.21. The molecule has 1 amide bonds. The Hall–Kier alpha value is -2.21. The summed E-state index contributed by atoms with van der Waals surface area (Å²) in [5.74, 6) is -1.78. The van der Waals surface area contributed by atoms with E-state index >= 15 is 0 Å². The van der Waals surface area contributed by atoms with Crippen LogP contribution in [0.4, 0.5) is 5.69 Å². The first-order valence-corrected chi connectivity index (χ1v) is 7.33. The van der Waals surface area contributed by atoms with E-state index < -0.39 is 11.9 Å². The Bertz CT molecular complexity index is 694. The van der Waals surface area contributed by atoms with Crippen LogP contribution in [0.15, 0.2) is 23.6 Å². The number of nitrogens with one attached hydrogen (secondary N) is 1. The number of carbonyl (C=O) groups excluding carboxylic acids is 1. The van der Waals surface area contributed by atoms with Crippen LogP contribution in [0, 0.1) is 13.8 Å². The second-order valence-electron chi connectivity index (χ2n) is 4.91. The molecule has 0 aliphatic rings. The van der Waals surface area contributed by atoms with Gasteiger partial charge in [-0.15, -0.1) is 11.3 Å². The van der Waals surface area contributed by atoms with E-state index in [1.807, 2.05) is 32.0 Å². The van der Waals surface area contributed by atoms with Crippen molar-refractivity contribution in [3.05, 3.63) is 45.4 Å². The van der Waals surface area contributed by atoms with E-state index in [0.29, 0.717) is 5.01 Å². The second kappa shape index (κ2) is 6.05. The summed E-state index contributed by atoms with van der Waals surface area (Å²) in [5.41, 5.74) is 2.85. The van der Waals surface area contributed by atoms with Gasteiger partial charge in [-0.2, -0.15) is 0 Å². The lowest BCUT2D eigenvalue weighted by molar-refractivity contribution is -0.117. The summed E-state index contributed by atoms with van der Waals surface area (Å²) in [6.45, 7) is 5.63. The largest absolute Gasteiger partial charge is 0.476 e. The Labute approximate surface area is 126 Å². The first kappa shape index (κ1) is 15.2. The normalized spacial score (nSPS) is 12.0. The van der Waals surface area contributed by atoms with E-state index in [1.54, 1.807) is 6.92 Å². The molecular weight excluding hydrogens is 288 g/mol. The smallest absolute Gasteiger partial charge is 0.355 e. The van der Waals surface area contributed by atoms with Crippen molar-refractivity contribution in [2.75, 3.05) is 5.32 Å². The summed E-state index contributed by atoms with van der Waals surface area (Å²) in [6.07, 6.45) is 0. The molecule has 0 aliphatic heterocycles. The zero-order chi connectivity index (χ0) is 15.6. The van der Waals surface area contributed by atoms with Gasteiger partial charge >= 0.3 is 5.97 Å². The molecular formula is C15H16N2O3S. The topological polar surface area (TPSA) is 79.3 Å². The summed E-state index contributed by atoms with van der Waals surface area (Å²) in [7, 11) is 0. The minimum atomic E-state index is -1.08. The van der Waals surface area contributed by atoms with E-state index in [1.165, 1.54) is 16.7 Å². The maximum Gasteiger partial charge on any atom is 0.355 e. The third-order valence-electron chi connectivity index (χ3n) is 3.14. The number of aryl methyl sites for hydroxylation is 2. The van der Waals surface area contributed by atoms with Crippen molar-refractivity contribution in [2.45, 2.75) is 26.7 Å². The summed E-state index contributed by atoms with van der Waals surface area (Å²) < 4.78 is 0. The van der Waals surface area contributed by atoms with Crippen molar-refractivity contribution in [3.63, 3.8) is 0 Å². The van der Waals surface area contributed by atoms with Gasteiger partial charge in [0.1, 0.15) is 5.01 Å². The number of anilines is 1. The molecule has 1 atom stereocenters. The van der Waals surface area contributed by atoms with Crippen LogP contribution < -0.4 is 5.32 Å². The summed E-state index contributed by atoms with van der Waals surface area (Å²) in [6, 6.07) is 5.78. The monoisotopic (exact) mass is 304 g/mol. The number of rotatable bonds is 4. The number of thiazole rings is 1. The van der Waals surface area contributed by atoms with Gasteiger partial charge in [0, 0.05) is 11.1 Å². The molecule has 2 rings (SSSR count). The van der Waals surface area contributed by atoms with E-state index in [0.717, 1.165) is 16.8 Å². The van der Waals surface area contributed by atoms with Crippen molar-refractivity contribution >= 4 is 28.9 Å². The summed E-state index contributed by atoms with van der Waals surface area (Å²) >= 11 is 1.18. The van der Waals surface area contributed by atoms with E-state index in [9.17, 15) is 9.59 Å². The number of carboxylic acids is 1. The Morgan fingerprint density at radius 1 is 1.33 bits per heavy atom. The number of aromatic nitrogens is 1. The highest BCUT2D eigenvalue weighted by Crippen LogP contribution is 2.23. The van der Waals surface area contributed by atoms with Gasteiger partial charge in [-0.1, -0.05) is 17.7 Å². The molecule has 0 spiro atoms. The average molecular weight is 304 g/mol. The van der Waals surface area contributed by atoms with Crippen LogP contribution in [0.3, 0.4) is 0 Å². The molecule has 1 unspecified atom stereocenters. The van der Waals surface area contributed by atoms with Gasteiger partial charge in [-0.3, -0.25) is 4.79 Å². The molecule has 21 heavy (non-hydrogen) atoms. The lowest BCUT2D eigenvalue weighted by atomic mass is 10.1. The first-order chi connectivity index (χ1) is 9.88. The molecule has 0 saturated carbocycles. The Balaban J connectivity index is 2.13. The van der Waals surface area contributed by atoms with Crippen LogP contribution in [-0.4, -0.2) is 22.0 Å². The molecule has 0 radical (unpaired) electrons. The maximum atomic E-state index is 12.2. The fourth-order valence-corrected chi connectivity index (χ4v) is 2.74. The van der Waals surface area contributed by atoms with Crippen molar-refractivity contribution in [1.82, 2.24) is 4.98 Å². The zero-order valence-corrected chi connectivity index (χ0v) is 12.8. The number of carboxylic acid groups (broad SMARTS) is 1. The van der Waals surface area contributed by atoms with Crippen LogP contribution in [0.2, 0.25) is 0 Å². The van der Waals surface area contributed by atoms with Gasteiger partial charge in [0.15, 0.2) is 5.69 Å². The van der Waals surface area contributed by atoms with Gasteiger partial charge in [0.25, 0.3) is 0 Å². The summed E-state index contributed by atoms with van der Waals surface area (Å²) in [4.78, 5) is 27.0.